The van der Waals surface area contributed by atoms with Crippen molar-refractivity contribution in [3.8, 4) is 0 Å². The molecule has 0 saturated heterocycles. The highest BCUT2D eigenvalue weighted by Crippen LogP contribution is 2.19. The van der Waals surface area contributed by atoms with Gasteiger partial charge in [0, 0.05) is 18.5 Å². The Balaban J connectivity index is 2.66. The minimum Gasteiger partial charge on any atom is -0.348 e. The third kappa shape index (κ3) is 2.21. The van der Waals surface area contributed by atoms with Crippen LogP contribution in [0.15, 0.2) is 5.38 Å². The maximum Gasteiger partial charge on any atom is 0.185 e. The van der Waals surface area contributed by atoms with Gasteiger partial charge in [-0.3, -0.25) is 0 Å². The first kappa shape index (κ1) is 9.52. The number of thiazole rings is 1. The van der Waals surface area contributed by atoms with E-state index in [0.29, 0.717) is 0 Å². The average molecular weight is 184 g/mol. The molecule has 3 heteroatoms. The summed E-state index contributed by atoms with van der Waals surface area (Å²) in [5.74, 6) is 0. The molecule has 1 rings (SSSR count). The molecule has 1 heterocycles. The van der Waals surface area contributed by atoms with Crippen LogP contribution in [0.4, 0.5) is 5.13 Å². The zero-order valence-electron chi connectivity index (χ0n) is 8.00. The molecule has 0 saturated carbocycles. The third-order valence-electron chi connectivity index (χ3n) is 1.75. The summed E-state index contributed by atoms with van der Waals surface area (Å²) in [7, 11) is 0. The van der Waals surface area contributed by atoms with E-state index in [4.69, 9.17) is 0 Å². The van der Waals surface area contributed by atoms with Crippen molar-refractivity contribution in [2.24, 2.45) is 0 Å². The van der Waals surface area contributed by atoms with Crippen LogP contribution < -0.4 is 4.90 Å². The fourth-order valence-electron chi connectivity index (χ4n) is 1.15. The first-order valence-corrected chi connectivity index (χ1v) is 5.33. The number of hydrogen-bond acceptors (Lipinski definition) is 3. The van der Waals surface area contributed by atoms with Crippen molar-refractivity contribution in [3.63, 3.8) is 0 Å². The van der Waals surface area contributed by atoms with E-state index in [0.717, 1.165) is 23.9 Å². The summed E-state index contributed by atoms with van der Waals surface area (Å²) in [6.45, 7) is 8.58. The average Bonchev–Trinajstić information content (AvgIpc) is 2.47. The lowest BCUT2D eigenvalue weighted by atomic mass is 10.4. The molecule has 0 aliphatic carbocycles. The lowest BCUT2D eigenvalue weighted by Crippen LogP contribution is -2.23. The largest absolute Gasteiger partial charge is 0.348 e. The Hall–Kier alpha value is -0.570. The van der Waals surface area contributed by atoms with Crippen LogP contribution in [-0.4, -0.2) is 18.1 Å². The normalized spacial score (nSPS) is 10.2. The maximum atomic E-state index is 4.44. The second-order valence-corrected chi connectivity index (χ2v) is 3.69. The number of anilines is 1. The zero-order chi connectivity index (χ0) is 8.97. The Kier molecular flexibility index (Phi) is 3.53. The summed E-state index contributed by atoms with van der Waals surface area (Å²) in [4.78, 5) is 6.76. The summed E-state index contributed by atoms with van der Waals surface area (Å²) < 4.78 is 0. The van der Waals surface area contributed by atoms with Crippen LogP contribution in [0.2, 0.25) is 0 Å². The van der Waals surface area contributed by atoms with Crippen LogP contribution in [0, 0.1) is 6.92 Å². The topological polar surface area (TPSA) is 16.1 Å². The Morgan fingerprint density at radius 2 is 2.25 bits per heavy atom. The van der Waals surface area contributed by atoms with Gasteiger partial charge in [-0.1, -0.05) is 6.92 Å². The smallest absolute Gasteiger partial charge is 0.185 e. The van der Waals surface area contributed by atoms with Gasteiger partial charge in [0.2, 0.25) is 0 Å². The van der Waals surface area contributed by atoms with Gasteiger partial charge >= 0.3 is 0 Å². The zero-order valence-corrected chi connectivity index (χ0v) is 8.82. The van der Waals surface area contributed by atoms with Crippen molar-refractivity contribution in [2.75, 3.05) is 18.0 Å². The number of hydrogen-bond donors (Lipinski definition) is 0. The Labute approximate surface area is 78.2 Å². The molecule has 1 aromatic rings. The van der Waals surface area contributed by atoms with Crippen LogP contribution in [0.3, 0.4) is 0 Å². The van der Waals surface area contributed by atoms with Crippen molar-refractivity contribution in [1.29, 1.82) is 0 Å². The van der Waals surface area contributed by atoms with Crippen LogP contribution in [-0.2, 0) is 0 Å². The molecule has 0 radical (unpaired) electrons. The molecule has 1 aromatic heterocycles. The van der Waals surface area contributed by atoms with Gasteiger partial charge < -0.3 is 4.90 Å². The van der Waals surface area contributed by atoms with Crippen LogP contribution >= 0.6 is 11.3 Å². The molecular weight excluding hydrogens is 168 g/mol. The van der Waals surface area contributed by atoms with E-state index in [1.807, 2.05) is 6.92 Å². The highest BCUT2D eigenvalue weighted by molar-refractivity contribution is 7.13. The molecule has 2 nitrogen and oxygen atoms in total. The summed E-state index contributed by atoms with van der Waals surface area (Å²) in [5.41, 5.74) is 1.13. The highest BCUT2D eigenvalue weighted by Gasteiger charge is 2.05. The quantitative estimate of drug-likeness (QED) is 0.715. The fraction of sp³-hybridized carbons (Fsp3) is 0.667. The Morgan fingerprint density at radius 3 is 2.67 bits per heavy atom. The second kappa shape index (κ2) is 4.45. The van der Waals surface area contributed by atoms with Gasteiger partial charge in [-0.2, -0.15) is 0 Å². The Morgan fingerprint density at radius 1 is 1.50 bits per heavy atom. The van der Waals surface area contributed by atoms with Crippen molar-refractivity contribution in [2.45, 2.75) is 27.2 Å². The SMILES string of the molecule is CCCN(CC)c1nc(C)cs1. The number of nitrogens with zero attached hydrogens (tertiary/aromatic N) is 2. The predicted molar refractivity (Wildman–Crippen MR) is 55.0 cm³/mol. The lowest BCUT2D eigenvalue weighted by Gasteiger charge is -2.18. The van der Waals surface area contributed by atoms with Crippen molar-refractivity contribution in [3.05, 3.63) is 11.1 Å². The minimum atomic E-state index is 1.06. The van der Waals surface area contributed by atoms with Gasteiger partial charge in [-0.15, -0.1) is 11.3 Å². The molecule has 0 amide bonds. The minimum absolute atomic E-state index is 1.06. The molecule has 0 aliphatic rings. The maximum absolute atomic E-state index is 4.44. The highest BCUT2D eigenvalue weighted by atomic mass is 32.1. The first-order valence-electron chi connectivity index (χ1n) is 4.45. The van der Waals surface area contributed by atoms with Crippen molar-refractivity contribution in [1.82, 2.24) is 4.98 Å². The Bertz CT molecular complexity index is 232. The van der Waals surface area contributed by atoms with Crippen LogP contribution in [0.5, 0.6) is 0 Å². The van der Waals surface area contributed by atoms with Gasteiger partial charge in [0.15, 0.2) is 5.13 Å². The molecule has 0 N–H and O–H groups in total. The van der Waals surface area contributed by atoms with E-state index in [-0.39, 0.29) is 0 Å². The van der Waals surface area contributed by atoms with Crippen molar-refractivity contribution < 1.29 is 0 Å². The molecule has 0 aromatic carbocycles. The molecule has 0 aliphatic heterocycles. The van der Waals surface area contributed by atoms with E-state index in [2.05, 4.69) is 29.1 Å². The number of aromatic nitrogens is 1. The molecule has 0 unspecified atom stereocenters. The van der Waals surface area contributed by atoms with E-state index in [9.17, 15) is 0 Å². The van der Waals surface area contributed by atoms with E-state index in [1.54, 1.807) is 11.3 Å². The fourth-order valence-corrected chi connectivity index (χ4v) is 2.04. The predicted octanol–water partition coefficient (Wildman–Crippen LogP) is 2.69. The van der Waals surface area contributed by atoms with Gasteiger partial charge in [-0.05, 0) is 20.3 Å². The van der Waals surface area contributed by atoms with Crippen molar-refractivity contribution >= 4 is 16.5 Å². The summed E-state index contributed by atoms with van der Waals surface area (Å²) in [5, 5.41) is 3.27. The molecule has 0 spiro atoms. The second-order valence-electron chi connectivity index (χ2n) is 2.85. The molecule has 12 heavy (non-hydrogen) atoms. The van der Waals surface area contributed by atoms with E-state index < -0.39 is 0 Å². The third-order valence-corrected chi connectivity index (χ3v) is 2.77. The molecular formula is C9H16N2S. The van der Waals surface area contributed by atoms with Crippen LogP contribution in [0.25, 0.3) is 0 Å². The number of rotatable bonds is 4. The summed E-state index contributed by atoms with van der Waals surface area (Å²) >= 11 is 1.74. The molecule has 0 bridgehead atoms. The molecule has 68 valence electrons. The van der Waals surface area contributed by atoms with Gasteiger partial charge in [-0.25, -0.2) is 4.98 Å². The molecule has 0 atom stereocenters. The number of aryl methyl sites for hydroxylation is 1. The summed E-state index contributed by atoms with van der Waals surface area (Å²) in [6.07, 6.45) is 1.19. The monoisotopic (exact) mass is 184 g/mol. The van der Waals surface area contributed by atoms with Gasteiger partial charge in [0.25, 0.3) is 0 Å². The first-order chi connectivity index (χ1) is 5.77. The van der Waals surface area contributed by atoms with E-state index in [1.165, 1.54) is 6.42 Å². The standard InChI is InChI=1S/C9H16N2S/c1-4-6-11(5-2)9-10-8(3)7-12-9/h7H,4-6H2,1-3H3. The summed E-state index contributed by atoms with van der Waals surface area (Å²) in [6, 6.07) is 0. The van der Waals surface area contributed by atoms with Gasteiger partial charge in [0.05, 0.1) is 5.69 Å². The molecule has 0 fully saturated rings. The van der Waals surface area contributed by atoms with E-state index >= 15 is 0 Å². The van der Waals surface area contributed by atoms with Gasteiger partial charge in [0.1, 0.15) is 0 Å². The van der Waals surface area contributed by atoms with Crippen LogP contribution in [0.1, 0.15) is 26.0 Å². The lowest BCUT2D eigenvalue weighted by molar-refractivity contribution is 0.787.